The van der Waals surface area contributed by atoms with Crippen LogP contribution in [0.2, 0.25) is 0 Å². The molecule has 0 unspecified atom stereocenters. The van der Waals surface area contributed by atoms with E-state index in [2.05, 4.69) is 34.4 Å². The molecule has 0 saturated carbocycles. The number of rotatable bonds is 5. The summed E-state index contributed by atoms with van der Waals surface area (Å²) in [5.74, 6) is 0.858. The Hall–Kier alpha value is -1.35. The monoisotopic (exact) mass is 487 g/mol. The van der Waals surface area contributed by atoms with Crippen LogP contribution in [0.3, 0.4) is 0 Å². The number of likely N-dealkylation sites (tertiary alicyclic amines) is 1. The number of carbonyl (C=O) groups is 1. The van der Waals surface area contributed by atoms with Gasteiger partial charge in [0.15, 0.2) is 5.96 Å². The molecule has 7 heteroatoms. The van der Waals surface area contributed by atoms with Crippen molar-refractivity contribution < 1.29 is 4.79 Å². The number of piperidine rings is 1. The Morgan fingerprint density at radius 1 is 1.22 bits per heavy atom. The molecule has 0 bridgehead atoms. The van der Waals surface area contributed by atoms with Crippen LogP contribution in [-0.2, 0) is 6.54 Å². The van der Waals surface area contributed by atoms with Gasteiger partial charge in [-0.25, -0.2) is 0 Å². The highest BCUT2D eigenvalue weighted by molar-refractivity contribution is 14.0. The topological polar surface area (TPSA) is 60.0 Å². The molecule has 6 nitrogen and oxygen atoms in total. The van der Waals surface area contributed by atoms with Gasteiger partial charge < -0.3 is 20.4 Å². The average Bonchev–Trinajstić information content (AvgIpc) is 2.65. The van der Waals surface area contributed by atoms with Crippen molar-refractivity contribution in [3.05, 3.63) is 35.4 Å². The van der Waals surface area contributed by atoms with E-state index in [4.69, 9.17) is 0 Å². The normalized spacial score (nSPS) is 16.0. The molecule has 1 heterocycles. The summed E-state index contributed by atoms with van der Waals surface area (Å²) in [5, 5.41) is 6.90. The van der Waals surface area contributed by atoms with Crippen molar-refractivity contribution >= 4 is 35.8 Å². The Bertz CT molecular complexity index is 607. The second kappa shape index (κ2) is 11.5. The van der Waals surface area contributed by atoms with Crippen molar-refractivity contribution in [2.75, 3.05) is 34.2 Å². The fourth-order valence-electron chi connectivity index (χ4n) is 3.16. The quantitative estimate of drug-likeness (QED) is 0.381. The summed E-state index contributed by atoms with van der Waals surface area (Å²) in [6, 6.07) is 8.80. The summed E-state index contributed by atoms with van der Waals surface area (Å²) < 4.78 is 0. The molecule has 1 aromatic carbocycles. The number of halogens is 1. The van der Waals surface area contributed by atoms with Crippen LogP contribution in [0.4, 0.5) is 0 Å². The average molecular weight is 487 g/mol. The first kappa shape index (κ1) is 23.7. The van der Waals surface area contributed by atoms with Gasteiger partial charge in [-0.2, -0.15) is 0 Å². The zero-order valence-corrected chi connectivity index (χ0v) is 19.5. The van der Waals surface area contributed by atoms with Gasteiger partial charge in [0.2, 0.25) is 0 Å². The van der Waals surface area contributed by atoms with E-state index >= 15 is 0 Å². The molecule has 1 aliphatic heterocycles. The smallest absolute Gasteiger partial charge is 0.253 e. The number of aliphatic imine (C=N–C) groups is 1. The van der Waals surface area contributed by atoms with Gasteiger partial charge in [-0.15, -0.1) is 24.0 Å². The summed E-state index contributed by atoms with van der Waals surface area (Å²) in [6.07, 6.45) is 2.28. The SMILES string of the molecule is CN=C(NCc1ccc(C(=O)N(C)C)cc1)NC1CCN(C(C)C)CC1.I. The van der Waals surface area contributed by atoms with Gasteiger partial charge in [0.25, 0.3) is 5.91 Å². The molecule has 0 atom stereocenters. The maximum absolute atomic E-state index is 11.9. The molecule has 2 rings (SSSR count). The van der Waals surface area contributed by atoms with Crippen LogP contribution in [0.5, 0.6) is 0 Å². The van der Waals surface area contributed by atoms with Crippen LogP contribution in [0.1, 0.15) is 42.6 Å². The molecule has 0 aromatic heterocycles. The fourth-order valence-corrected chi connectivity index (χ4v) is 3.16. The zero-order chi connectivity index (χ0) is 19.1. The first-order chi connectivity index (χ1) is 12.4. The summed E-state index contributed by atoms with van der Waals surface area (Å²) >= 11 is 0. The van der Waals surface area contributed by atoms with Crippen molar-refractivity contribution in [1.29, 1.82) is 0 Å². The molecule has 1 amide bonds. The molecule has 1 aliphatic rings. The minimum Gasteiger partial charge on any atom is -0.354 e. The summed E-state index contributed by atoms with van der Waals surface area (Å²) in [5.41, 5.74) is 1.83. The van der Waals surface area contributed by atoms with E-state index in [0.717, 1.165) is 37.5 Å². The molecule has 2 N–H and O–H groups in total. The van der Waals surface area contributed by atoms with Crippen LogP contribution < -0.4 is 10.6 Å². The van der Waals surface area contributed by atoms with E-state index in [9.17, 15) is 4.79 Å². The van der Waals surface area contributed by atoms with Crippen LogP contribution in [-0.4, -0.2) is 68.0 Å². The van der Waals surface area contributed by atoms with Crippen LogP contribution >= 0.6 is 24.0 Å². The van der Waals surface area contributed by atoms with Gasteiger partial charge in [0, 0.05) is 58.4 Å². The van der Waals surface area contributed by atoms with Crippen molar-refractivity contribution in [1.82, 2.24) is 20.4 Å². The number of carbonyl (C=O) groups excluding carboxylic acids is 1. The Kier molecular flexibility index (Phi) is 10.1. The molecular formula is C20H34IN5O. The lowest BCUT2D eigenvalue weighted by Crippen LogP contribution is -2.49. The lowest BCUT2D eigenvalue weighted by molar-refractivity contribution is 0.0827. The molecule has 27 heavy (non-hydrogen) atoms. The van der Waals surface area contributed by atoms with Crippen LogP contribution in [0, 0.1) is 0 Å². The second-order valence-corrected chi connectivity index (χ2v) is 7.37. The van der Waals surface area contributed by atoms with E-state index in [1.807, 2.05) is 24.3 Å². The second-order valence-electron chi connectivity index (χ2n) is 7.37. The van der Waals surface area contributed by atoms with E-state index in [1.165, 1.54) is 0 Å². The molecular weight excluding hydrogens is 453 g/mol. The summed E-state index contributed by atoms with van der Waals surface area (Å²) in [4.78, 5) is 20.4. The van der Waals surface area contributed by atoms with E-state index < -0.39 is 0 Å². The van der Waals surface area contributed by atoms with Gasteiger partial charge in [-0.1, -0.05) is 12.1 Å². The Labute approximate surface area is 180 Å². The zero-order valence-electron chi connectivity index (χ0n) is 17.2. The van der Waals surface area contributed by atoms with E-state index in [-0.39, 0.29) is 29.9 Å². The number of benzene rings is 1. The Morgan fingerprint density at radius 3 is 2.30 bits per heavy atom. The number of hydrogen-bond donors (Lipinski definition) is 2. The predicted octanol–water partition coefficient (Wildman–Crippen LogP) is 2.54. The first-order valence-corrected chi connectivity index (χ1v) is 9.42. The molecule has 1 saturated heterocycles. The summed E-state index contributed by atoms with van der Waals surface area (Å²) in [7, 11) is 5.33. The first-order valence-electron chi connectivity index (χ1n) is 9.42. The largest absolute Gasteiger partial charge is 0.354 e. The van der Waals surface area contributed by atoms with Crippen LogP contribution in [0.25, 0.3) is 0 Å². The minimum atomic E-state index is 0. The third-order valence-electron chi connectivity index (χ3n) is 4.89. The highest BCUT2D eigenvalue weighted by Gasteiger charge is 2.21. The lowest BCUT2D eigenvalue weighted by Gasteiger charge is -2.35. The van der Waals surface area contributed by atoms with Gasteiger partial charge >= 0.3 is 0 Å². The molecule has 1 aromatic rings. The van der Waals surface area contributed by atoms with Crippen molar-refractivity contribution in [3.63, 3.8) is 0 Å². The third-order valence-corrected chi connectivity index (χ3v) is 4.89. The standard InChI is InChI=1S/C20H33N5O.HI/c1-15(2)25-12-10-18(11-13-25)23-20(21-3)22-14-16-6-8-17(9-7-16)19(26)24(4)5;/h6-9,15,18H,10-14H2,1-5H3,(H2,21,22,23);1H. The third kappa shape index (κ3) is 7.29. The van der Waals surface area contributed by atoms with E-state index in [1.54, 1.807) is 26.0 Å². The number of nitrogens with one attached hydrogen (secondary N) is 2. The van der Waals surface area contributed by atoms with E-state index in [0.29, 0.717) is 24.2 Å². The van der Waals surface area contributed by atoms with Gasteiger partial charge in [-0.3, -0.25) is 9.79 Å². The molecule has 1 fully saturated rings. The number of hydrogen-bond acceptors (Lipinski definition) is 3. The van der Waals surface area contributed by atoms with Gasteiger partial charge in [0.1, 0.15) is 0 Å². The Balaban J connectivity index is 0.00000364. The summed E-state index contributed by atoms with van der Waals surface area (Å²) in [6.45, 7) is 7.46. The molecule has 0 spiro atoms. The number of nitrogens with zero attached hydrogens (tertiary/aromatic N) is 3. The van der Waals surface area contributed by atoms with Crippen LogP contribution in [0.15, 0.2) is 29.3 Å². The molecule has 0 radical (unpaired) electrons. The van der Waals surface area contributed by atoms with Crippen molar-refractivity contribution in [2.24, 2.45) is 4.99 Å². The number of guanidine groups is 1. The highest BCUT2D eigenvalue weighted by Crippen LogP contribution is 2.13. The Morgan fingerprint density at radius 2 is 1.81 bits per heavy atom. The van der Waals surface area contributed by atoms with Crippen molar-refractivity contribution in [2.45, 2.75) is 45.3 Å². The van der Waals surface area contributed by atoms with Gasteiger partial charge in [0.05, 0.1) is 0 Å². The lowest BCUT2D eigenvalue weighted by atomic mass is 10.0. The number of amides is 1. The highest BCUT2D eigenvalue weighted by atomic mass is 127. The molecule has 0 aliphatic carbocycles. The predicted molar refractivity (Wildman–Crippen MR) is 123 cm³/mol. The molecule has 152 valence electrons. The van der Waals surface area contributed by atoms with Gasteiger partial charge in [-0.05, 0) is 44.4 Å². The fraction of sp³-hybridized carbons (Fsp3) is 0.600. The van der Waals surface area contributed by atoms with Crippen molar-refractivity contribution in [3.8, 4) is 0 Å². The minimum absolute atomic E-state index is 0. The maximum atomic E-state index is 11.9. The maximum Gasteiger partial charge on any atom is 0.253 e.